The molecule has 2 aromatic rings. The van der Waals surface area contributed by atoms with Crippen LogP contribution in [0.4, 0.5) is 0 Å². The van der Waals surface area contributed by atoms with Gasteiger partial charge in [0, 0.05) is 12.1 Å². The van der Waals surface area contributed by atoms with Crippen LogP contribution in [0.1, 0.15) is 23.3 Å². The second-order valence-corrected chi connectivity index (χ2v) is 4.25. The van der Waals surface area contributed by atoms with Crippen LogP contribution < -0.4 is 5.32 Å². The maximum Gasteiger partial charge on any atom is 0.0981 e. The number of ether oxygens (including phenoxy) is 1. The Morgan fingerprint density at radius 1 is 1.06 bits per heavy atom. The van der Waals surface area contributed by atoms with Crippen molar-refractivity contribution in [3.63, 3.8) is 0 Å². The quantitative estimate of drug-likeness (QED) is 0.859. The molecule has 3 heteroatoms. The molecule has 1 N–H and O–H groups in total. The fourth-order valence-electron chi connectivity index (χ4n) is 2.15. The molecule has 0 saturated carbocycles. The molecule has 1 aromatic carbocycles. The van der Waals surface area contributed by atoms with Gasteiger partial charge >= 0.3 is 0 Å². The van der Waals surface area contributed by atoms with E-state index in [0.29, 0.717) is 12.6 Å². The lowest BCUT2D eigenvalue weighted by atomic mass is 10.0. The highest BCUT2D eigenvalue weighted by Crippen LogP contribution is 2.25. The van der Waals surface area contributed by atoms with E-state index in [1.807, 2.05) is 12.1 Å². The standard InChI is InChI=1S/C14H15NO2/c1-2-4-11(5-3-1)13-10-17-14(8-15-13)12-6-7-16-9-12/h1-7,9,13-15H,8,10H2. The molecular weight excluding hydrogens is 214 g/mol. The van der Waals surface area contributed by atoms with Crippen LogP contribution in [-0.2, 0) is 4.74 Å². The van der Waals surface area contributed by atoms with Crippen molar-refractivity contribution < 1.29 is 9.15 Å². The third-order valence-corrected chi connectivity index (χ3v) is 3.13. The van der Waals surface area contributed by atoms with Gasteiger partial charge in [-0.25, -0.2) is 0 Å². The Kier molecular flexibility index (Phi) is 2.94. The fraction of sp³-hybridized carbons (Fsp3) is 0.286. The largest absolute Gasteiger partial charge is 0.472 e. The van der Waals surface area contributed by atoms with Crippen molar-refractivity contribution in [1.82, 2.24) is 5.32 Å². The number of rotatable bonds is 2. The smallest absolute Gasteiger partial charge is 0.0981 e. The van der Waals surface area contributed by atoms with E-state index in [2.05, 4.69) is 29.6 Å². The summed E-state index contributed by atoms with van der Waals surface area (Å²) in [6.07, 6.45) is 3.53. The van der Waals surface area contributed by atoms with Gasteiger partial charge in [-0.05, 0) is 11.6 Å². The lowest BCUT2D eigenvalue weighted by Crippen LogP contribution is -2.36. The number of hydrogen-bond acceptors (Lipinski definition) is 3. The molecule has 0 radical (unpaired) electrons. The first-order valence-corrected chi connectivity index (χ1v) is 5.85. The number of benzene rings is 1. The topological polar surface area (TPSA) is 34.4 Å². The molecule has 1 saturated heterocycles. The molecule has 1 aliphatic rings. The van der Waals surface area contributed by atoms with Crippen LogP contribution >= 0.6 is 0 Å². The zero-order chi connectivity index (χ0) is 11.5. The van der Waals surface area contributed by atoms with Gasteiger partial charge in [-0.2, -0.15) is 0 Å². The van der Waals surface area contributed by atoms with Crippen LogP contribution in [-0.4, -0.2) is 13.2 Å². The van der Waals surface area contributed by atoms with Crippen molar-refractivity contribution >= 4 is 0 Å². The Hall–Kier alpha value is -1.58. The molecule has 88 valence electrons. The Balaban J connectivity index is 1.65. The molecule has 2 atom stereocenters. The highest BCUT2D eigenvalue weighted by atomic mass is 16.5. The Morgan fingerprint density at radius 2 is 1.94 bits per heavy atom. The lowest BCUT2D eigenvalue weighted by molar-refractivity contribution is 0.00208. The molecule has 0 amide bonds. The molecule has 0 bridgehead atoms. The van der Waals surface area contributed by atoms with E-state index in [0.717, 1.165) is 12.1 Å². The highest BCUT2D eigenvalue weighted by molar-refractivity contribution is 5.20. The third kappa shape index (κ3) is 2.25. The van der Waals surface area contributed by atoms with E-state index in [1.165, 1.54) is 5.56 Å². The number of morpholine rings is 1. The average Bonchev–Trinajstić information content (AvgIpc) is 2.94. The summed E-state index contributed by atoms with van der Waals surface area (Å²) in [5.41, 5.74) is 2.38. The van der Waals surface area contributed by atoms with Crippen LogP contribution in [0.3, 0.4) is 0 Å². The average molecular weight is 229 g/mol. The molecule has 1 aromatic heterocycles. The van der Waals surface area contributed by atoms with Crippen LogP contribution in [0, 0.1) is 0 Å². The summed E-state index contributed by atoms with van der Waals surface area (Å²) in [7, 11) is 0. The molecule has 3 rings (SSSR count). The van der Waals surface area contributed by atoms with Crippen molar-refractivity contribution in [3.8, 4) is 0 Å². The van der Waals surface area contributed by atoms with Crippen molar-refractivity contribution in [2.45, 2.75) is 12.1 Å². The summed E-state index contributed by atoms with van der Waals surface area (Å²) in [5.74, 6) is 0. The van der Waals surface area contributed by atoms with Gasteiger partial charge < -0.3 is 14.5 Å². The second kappa shape index (κ2) is 4.73. The summed E-state index contributed by atoms with van der Waals surface area (Å²) in [6, 6.07) is 12.6. The molecule has 3 nitrogen and oxygen atoms in total. The summed E-state index contributed by atoms with van der Waals surface area (Å²) >= 11 is 0. The molecule has 0 aliphatic carbocycles. The Morgan fingerprint density at radius 3 is 2.59 bits per heavy atom. The lowest BCUT2D eigenvalue weighted by Gasteiger charge is -2.30. The van der Waals surface area contributed by atoms with Crippen LogP contribution in [0.5, 0.6) is 0 Å². The van der Waals surface area contributed by atoms with E-state index in [4.69, 9.17) is 9.15 Å². The number of hydrogen-bond donors (Lipinski definition) is 1. The van der Waals surface area contributed by atoms with Crippen molar-refractivity contribution in [2.24, 2.45) is 0 Å². The summed E-state index contributed by atoms with van der Waals surface area (Å²) in [6.45, 7) is 1.51. The van der Waals surface area contributed by atoms with E-state index in [-0.39, 0.29) is 6.10 Å². The second-order valence-electron chi connectivity index (χ2n) is 4.25. The molecule has 1 aliphatic heterocycles. The summed E-state index contributed by atoms with van der Waals surface area (Å²) in [5, 5.41) is 3.51. The number of nitrogens with one attached hydrogen (secondary N) is 1. The first-order chi connectivity index (χ1) is 8.43. The SMILES string of the molecule is c1ccc(C2COC(c3ccoc3)CN2)cc1. The first-order valence-electron chi connectivity index (χ1n) is 5.85. The van der Waals surface area contributed by atoms with Crippen LogP contribution in [0.25, 0.3) is 0 Å². The van der Waals surface area contributed by atoms with Gasteiger partial charge in [0.15, 0.2) is 0 Å². The minimum absolute atomic E-state index is 0.105. The van der Waals surface area contributed by atoms with Crippen LogP contribution in [0.15, 0.2) is 53.3 Å². The van der Waals surface area contributed by atoms with Gasteiger partial charge in [0.05, 0.1) is 31.3 Å². The highest BCUT2D eigenvalue weighted by Gasteiger charge is 2.23. The van der Waals surface area contributed by atoms with Crippen molar-refractivity contribution in [1.29, 1.82) is 0 Å². The fourth-order valence-corrected chi connectivity index (χ4v) is 2.15. The van der Waals surface area contributed by atoms with Gasteiger partial charge in [0.1, 0.15) is 0 Å². The predicted molar refractivity (Wildman–Crippen MR) is 64.6 cm³/mol. The zero-order valence-electron chi connectivity index (χ0n) is 9.50. The normalized spacial score (nSPS) is 24.7. The van der Waals surface area contributed by atoms with Crippen LogP contribution in [0.2, 0.25) is 0 Å². The predicted octanol–water partition coefficient (Wildman–Crippen LogP) is 2.68. The molecule has 2 heterocycles. The Labute approximate surface area is 100 Å². The van der Waals surface area contributed by atoms with Crippen molar-refractivity contribution in [2.75, 3.05) is 13.2 Å². The van der Waals surface area contributed by atoms with Gasteiger partial charge in [-0.3, -0.25) is 0 Å². The minimum atomic E-state index is 0.105. The van der Waals surface area contributed by atoms with Crippen molar-refractivity contribution in [3.05, 3.63) is 60.1 Å². The molecule has 17 heavy (non-hydrogen) atoms. The Bertz CT molecular complexity index is 444. The molecule has 0 spiro atoms. The third-order valence-electron chi connectivity index (χ3n) is 3.13. The monoisotopic (exact) mass is 229 g/mol. The van der Waals surface area contributed by atoms with E-state index in [1.54, 1.807) is 12.5 Å². The van der Waals surface area contributed by atoms with Gasteiger partial charge in [-0.15, -0.1) is 0 Å². The zero-order valence-corrected chi connectivity index (χ0v) is 9.50. The van der Waals surface area contributed by atoms with Gasteiger partial charge in [0.2, 0.25) is 0 Å². The molecular formula is C14H15NO2. The minimum Gasteiger partial charge on any atom is -0.472 e. The molecule has 1 fully saturated rings. The van der Waals surface area contributed by atoms with E-state index >= 15 is 0 Å². The van der Waals surface area contributed by atoms with E-state index < -0.39 is 0 Å². The summed E-state index contributed by atoms with van der Waals surface area (Å²) in [4.78, 5) is 0. The first kappa shape index (κ1) is 10.6. The maximum absolute atomic E-state index is 5.87. The maximum atomic E-state index is 5.87. The summed E-state index contributed by atoms with van der Waals surface area (Å²) < 4.78 is 10.9. The van der Waals surface area contributed by atoms with E-state index in [9.17, 15) is 0 Å². The van der Waals surface area contributed by atoms with Gasteiger partial charge in [0.25, 0.3) is 0 Å². The number of furan rings is 1. The molecule has 2 unspecified atom stereocenters. The van der Waals surface area contributed by atoms with Gasteiger partial charge in [-0.1, -0.05) is 30.3 Å².